The zero-order valence-electron chi connectivity index (χ0n) is 9.20. The van der Waals surface area contributed by atoms with E-state index in [0.717, 1.165) is 0 Å². The van der Waals surface area contributed by atoms with Gasteiger partial charge in [0, 0.05) is 27.0 Å². The lowest BCUT2D eigenvalue weighted by molar-refractivity contribution is 1.13. The molecule has 72 valence electrons. The molecule has 0 aromatic heterocycles. The molecule has 0 saturated carbocycles. The number of benzene rings is 1. The summed E-state index contributed by atoms with van der Waals surface area (Å²) in [5.74, 6) is 0. The summed E-state index contributed by atoms with van der Waals surface area (Å²) in [6.07, 6.45) is 0. The van der Waals surface area contributed by atoms with E-state index in [1.807, 2.05) is 0 Å². The molecule has 0 fully saturated rings. The summed E-state index contributed by atoms with van der Waals surface area (Å²) in [7, 11) is 3.30. The molecule has 1 nitrogen and oxygen atoms in total. The van der Waals surface area contributed by atoms with Crippen LogP contribution >= 0.6 is 7.26 Å². The van der Waals surface area contributed by atoms with Gasteiger partial charge in [-0.25, -0.2) is 0 Å². The first kappa shape index (κ1) is 10.5. The molecule has 2 heteroatoms. The maximum Gasteiger partial charge on any atom is 0.0932 e. The summed E-state index contributed by atoms with van der Waals surface area (Å²) in [5, 5.41) is 1.50. The van der Waals surface area contributed by atoms with Crippen molar-refractivity contribution in [1.82, 2.24) is 0 Å². The second kappa shape index (κ2) is 3.67. The third-order valence-corrected chi connectivity index (χ3v) is 3.99. The minimum Gasteiger partial charge on any atom is -0.378 e. The van der Waals surface area contributed by atoms with Gasteiger partial charge < -0.3 is 4.90 Å². The summed E-state index contributed by atoms with van der Waals surface area (Å²) in [6.45, 7) is 7.03. The van der Waals surface area contributed by atoms with Gasteiger partial charge in [-0.15, -0.1) is 0 Å². The molecule has 0 spiro atoms. The van der Waals surface area contributed by atoms with E-state index in [1.54, 1.807) is 0 Å². The fourth-order valence-electron chi connectivity index (χ4n) is 1.20. The van der Waals surface area contributed by atoms with Crippen molar-refractivity contribution < 1.29 is 0 Å². The molecule has 0 atom stereocenters. The topological polar surface area (TPSA) is 3.24 Å². The standard InChI is InChI=1S/C11H19NP/c1-12(2)10-6-8-11(9-7-10)13(3,4)5/h6-9H,1-5H3/q+1. The summed E-state index contributed by atoms with van der Waals surface area (Å²) in [5.41, 5.74) is 1.28. The fraction of sp³-hybridized carbons (Fsp3) is 0.455. The molecular formula is C11H19NP+. The normalized spacial score (nSPS) is 11.5. The van der Waals surface area contributed by atoms with E-state index in [0.29, 0.717) is 0 Å². The fourth-order valence-corrected chi connectivity index (χ4v) is 2.24. The van der Waals surface area contributed by atoms with Gasteiger partial charge in [0.1, 0.15) is 0 Å². The quantitative estimate of drug-likeness (QED) is 0.656. The Morgan fingerprint density at radius 1 is 0.923 bits per heavy atom. The van der Waals surface area contributed by atoms with Crippen molar-refractivity contribution in [3.63, 3.8) is 0 Å². The highest BCUT2D eigenvalue weighted by molar-refractivity contribution is 7.80. The Hall–Kier alpha value is -0.550. The Morgan fingerprint density at radius 2 is 1.38 bits per heavy atom. The van der Waals surface area contributed by atoms with E-state index in [4.69, 9.17) is 0 Å². The minimum absolute atomic E-state index is 0.837. The highest BCUT2D eigenvalue weighted by Gasteiger charge is 2.20. The largest absolute Gasteiger partial charge is 0.378 e. The van der Waals surface area contributed by atoms with Crippen LogP contribution < -0.4 is 10.2 Å². The Labute approximate surface area is 82.1 Å². The van der Waals surface area contributed by atoms with Crippen LogP contribution in [-0.4, -0.2) is 34.1 Å². The van der Waals surface area contributed by atoms with E-state index < -0.39 is 7.26 Å². The second-order valence-corrected chi connectivity index (χ2v) is 8.96. The van der Waals surface area contributed by atoms with Gasteiger partial charge in [0.05, 0.1) is 25.3 Å². The van der Waals surface area contributed by atoms with E-state index in [1.165, 1.54) is 11.0 Å². The van der Waals surface area contributed by atoms with Crippen molar-refractivity contribution in [2.75, 3.05) is 39.0 Å². The van der Waals surface area contributed by atoms with Crippen LogP contribution in [0.25, 0.3) is 0 Å². The van der Waals surface area contributed by atoms with Crippen LogP contribution in [0.1, 0.15) is 0 Å². The summed E-state index contributed by atoms with van der Waals surface area (Å²) < 4.78 is 0. The van der Waals surface area contributed by atoms with Crippen LogP contribution in [0.4, 0.5) is 5.69 Å². The first-order valence-corrected chi connectivity index (χ1v) is 7.64. The predicted octanol–water partition coefficient (Wildman–Crippen LogP) is 2.28. The smallest absolute Gasteiger partial charge is 0.0932 e. The van der Waals surface area contributed by atoms with E-state index in [-0.39, 0.29) is 0 Å². The molecule has 1 aromatic rings. The third-order valence-electron chi connectivity index (χ3n) is 2.14. The molecule has 0 aliphatic heterocycles. The van der Waals surface area contributed by atoms with E-state index >= 15 is 0 Å². The van der Waals surface area contributed by atoms with Crippen LogP contribution in [0.3, 0.4) is 0 Å². The monoisotopic (exact) mass is 196 g/mol. The SMILES string of the molecule is CN(C)c1ccc([P+](C)(C)C)cc1. The first-order chi connectivity index (χ1) is 5.91. The average molecular weight is 196 g/mol. The Bertz CT molecular complexity index is 269. The number of nitrogens with zero attached hydrogens (tertiary/aromatic N) is 1. The van der Waals surface area contributed by atoms with Crippen molar-refractivity contribution in [2.45, 2.75) is 0 Å². The number of hydrogen-bond donors (Lipinski definition) is 0. The summed E-state index contributed by atoms with van der Waals surface area (Å²) >= 11 is 0. The van der Waals surface area contributed by atoms with Gasteiger partial charge in [0.2, 0.25) is 0 Å². The van der Waals surface area contributed by atoms with Crippen molar-refractivity contribution in [3.05, 3.63) is 24.3 Å². The molecule has 0 saturated heterocycles. The molecule has 0 aliphatic carbocycles. The van der Waals surface area contributed by atoms with E-state index in [9.17, 15) is 0 Å². The molecule has 0 N–H and O–H groups in total. The van der Waals surface area contributed by atoms with Crippen molar-refractivity contribution in [3.8, 4) is 0 Å². The lowest BCUT2D eigenvalue weighted by atomic mass is 10.3. The molecule has 0 heterocycles. The highest BCUT2D eigenvalue weighted by atomic mass is 31.2. The first-order valence-electron chi connectivity index (χ1n) is 4.50. The van der Waals surface area contributed by atoms with Crippen LogP contribution in [0.2, 0.25) is 0 Å². The highest BCUT2D eigenvalue weighted by Crippen LogP contribution is 2.44. The van der Waals surface area contributed by atoms with Gasteiger partial charge in [-0.05, 0) is 24.3 Å². The van der Waals surface area contributed by atoms with Gasteiger partial charge in [-0.3, -0.25) is 0 Å². The second-order valence-electron chi connectivity index (χ2n) is 4.42. The molecule has 1 rings (SSSR count). The van der Waals surface area contributed by atoms with E-state index in [2.05, 4.69) is 63.3 Å². The predicted molar refractivity (Wildman–Crippen MR) is 65.1 cm³/mol. The van der Waals surface area contributed by atoms with Crippen LogP contribution in [0, 0.1) is 0 Å². The lowest BCUT2D eigenvalue weighted by Crippen LogP contribution is -2.12. The van der Waals surface area contributed by atoms with Gasteiger partial charge in [0.15, 0.2) is 0 Å². The molecule has 13 heavy (non-hydrogen) atoms. The Balaban J connectivity index is 2.94. The molecule has 0 amide bonds. The van der Waals surface area contributed by atoms with Gasteiger partial charge in [-0.1, -0.05) is 0 Å². The number of rotatable bonds is 2. The Morgan fingerprint density at radius 3 is 1.69 bits per heavy atom. The number of anilines is 1. The molecule has 0 bridgehead atoms. The van der Waals surface area contributed by atoms with Gasteiger partial charge in [-0.2, -0.15) is 0 Å². The van der Waals surface area contributed by atoms with Crippen LogP contribution in [0.5, 0.6) is 0 Å². The lowest BCUT2D eigenvalue weighted by Gasteiger charge is -2.15. The maximum absolute atomic E-state index is 2.34. The zero-order valence-corrected chi connectivity index (χ0v) is 10.1. The van der Waals surface area contributed by atoms with Crippen LogP contribution in [0.15, 0.2) is 24.3 Å². The van der Waals surface area contributed by atoms with Crippen molar-refractivity contribution in [2.24, 2.45) is 0 Å². The summed E-state index contributed by atoms with van der Waals surface area (Å²) in [4.78, 5) is 2.13. The van der Waals surface area contributed by atoms with Crippen LogP contribution in [-0.2, 0) is 0 Å². The zero-order chi connectivity index (χ0) is 10.1. The number of hydrogen-bond acceptors (Lipinski definition) is 1. The minimum atomic E-state index is -0.837. The van der Waals surface area contributed by atoms with Crippen molar-refractivity contribution >= 4 is 18.3 Å². The molecule has 1 aromatic carbocycles. The molecular weight excluding hydrogens is 177 g/mol. The molecule has 0 unspecified atom stereocenters. The van der Waals surface area contributed by atoms with Crippen molar-refractivity contribution in [1.29, 1.82) is 0 Å². The molecule has 0 aliphatic rings. The van der Waals surface area contributed by atoms with Gasteiger partial charge >= 0.3 is 0 Å². The molecule has 0 radical (unpaired) electrons. The summed E-state index contributed by atoms with van der Waals surface area (Å²) in [6, 6.07) is 8.90. The maximum atomic E-state index is 2.34. The average Bonchev–Trinajstić information content (AvgIpc) is 2.03. The third kappa shape index (κ3) is 2.70. The van der Waals surface area contributed by atoms with Gasteiger partial charge in [0.25, 0.3) is 0 Å². The Kier molecular flexibility index (Phi) is 2.98.